The Hall–Kier alpha value is -0.983. The molecule has 0 fully saturated rings. The van der Waals surface area contributed by atoms with Gasteiger partial charge in [0.15, 0.2) is 19.4 Å². The van der Waals surface area contributed by atoms with Crippen molar-refractivity contribution < 1.29 is 37.8 Å². The van der Waals surface area contributed by atoms with E-state index in [9.17, 15) is 19.2 Å². The van der Waals surface area contributed by atoms with Crippen LogP contribution in [0.5, 0.6) is 0 Å². The number of halogens is 3. The molecule has 0 aliphatic heterocycles. The molecule has 0 aromatic rings. The van der Waals surface area contributed by atoms with Crippen molar-refractivity contribution in [3.63, 3.8) is 0 Å². The Bertz CT molecular complexity index is 869. The Balaban J connectivity index is 5.75. The maximum atomic E-state index is 13.3. The molecule has 9 nitrogen and oxygen atoms in total. The molecule has 1 N–H and O–H groups in total. The van der Waals surface area contributed by atoms with E-state index in [-0.39, 0.29) is 23.8 Å². The second kappa shape index (κ2) is 15.9. The van der Waals surface area contributed by atoms with Crippen LogP contribution in [0.25, 0.3) is 0 Å². The number of carbonyl (C=O) groups is 4. The Morgan fingerprint density at radius 1 is 1.00 bits per heavy atom. The van der Waals surface area contributed by atoms with Gasteiger partial charge in [-0.2, -0.15) is 0 Å². The lowest BCUT2D eigenvalue weighted by Gasteiger charge is -2.38. The van der Waals surface area contributed by atoms with E-state index in [1.807, 2.05) is 0 Å². The van der Waals surface area contributed by atoms with Crippen LogP contribution in [0, 0.1) is 0 Å². The van der Waals surface area contributed by atoms with Gasteiger partial charge in [0.05, 0.1) is 0 Å². The SMILES string of the molecule is C=CCOC(=O)C(SC[C@@H](NC(=O)OCC(Cl)(Cl)Cl)C(=O)OC(C)(C)C)C(=O)C[C@H](C)O[Si](C)(C)C(C)(C)C. The number of nitrogens with one attached hydrogen (secondary N) is 1. The molecule has 0 heterocycles. The molecule has 0 aromatic carbocycles. The van der Waals surface area contributed by atoms with Gasteiger partial charge >= 0.3 is 18.0 Å². The first-order chi connectivity index (χ1) is 17.5. The first kappa shape index (κ1) is 38.0. The molecule has 0 saturated carbocycles. The molecule has 0 spiro atoms. The second-order valence-electron chi connectivity index (χ2n) is 11.4. The Morgan fingerprint density at radius 2 is 1.56 bits per heavy atom. The molecular formula is C25H42Cl3NO8SSi. The number of amides is 1. The summed E-state index contributed by atoms with van der Waals surface area (Å²) in [4.78, 5) is 51.2. The van der Waals surface area contributed by atoms with Gasteiger partial charge < -0.3 is 24.0 Å². The van der Waals surface area contributed by atoms with Crippen LogP contribution in [-0.2, 0) is 33.0 Å². The van der Waals surface area contributed by atoms with Gasteiger partial charge in [0.25, 0.3) is 0 Å². The van der Waals surface area contributed by atoms with Crippen molar-refractivity contribution in [2.75, 3.05) is 19.0 Å². The molecule has 0 aliphatic carbocycles. The van der Waals surface area contributed by atoms with Gasteiger partial charge in [0.1, 0.15) is 24.9 Å². The van der Waals surface area contributed by atoms with Gasteiger partial charge in [-0.25, -0.2) is 9.59 Å². The number of thioether (sulfide) groups is 1. The minimum absolute atomic E-state index is 0.0524. The van der Waals surface area contributed by atoms with Crippen molar-refractivity contribution in [2.45, 2.75) is 99.8 Å². The predicted octanol–water partition coefficient (Wildman–Crippen LogP) is 5.99. The highest BCUT2D eigenvalue weighted by Crippen LogP contribution is 2.37. The van der Waals surface area contributed by atoms with Crippen LogP contribution in [0.2, 0.25) is 18.1 Å². The molecule has 1 unspecified atom stereocenters. The number of alkyl carbamates (subject to hydrolysis) is 1. The van der Waals surface area contributed by atoms with Gasteiger partial charge in [-0.3, -0.25) is 9.59 Å². The number of ketones is 1. The summed E-state index contributed by atoms with van der Waals surface area (Å²) in [5, 5.41) is 0.982. The van der Waals surface area contributed by atoms with Crippen LogP contribution in [0.1, 0.15) is 54.9 Å². The van der Waals surface area contributed by atoms with E-state index in [2.05, 4.69) is 45.8 Å². The fourth-order valence-electron chi connectivity index (χ4n) is 2.69. The lowest BCUT2D eigenvalue weighted by molar-refractivity contribution is -0.156. The number of hydrogen-bond acceptors (Lipinski definition) is 9. The first-order valence-electron chi connectivity index (χ1n) is 12.3. The normalized spacial score (nSPS) is 15.0. The summed E-state index contributed by atoms with van der Waals surface area (Å²) >= 11 is 17.7. The van der Waals surface area contributed by atoms with Crippen LogP contribution in [0.4, 0.5) is 4.79 Å². The van der Waals surface area contributed by atoms with Crippen LogP contribution < -0.4 is 5.32 Å². The monoisotopic (exact) mass is 649 g/mol. The van der Waals surface area contributed by atoms with E-state index in [1.165, 1.54) is 6.08 Å². The molecule has 226 valence electrons. The summed E-state index contributed by atoms with van der Waals surface area (Å²) in [6, 6.07) is -1.29. The van der Waals surface area contributed by atoms with Crippen molar-refractivity contribution in [1.82, 2.24) is 5.32 Å². The summed E-state index contributed by atoms with van der Waals surface area (Å²) in [6.07, 6.45) is -0.181. The van der Waals surface area contributed by atoms with E-state index in [4.69, 9.17) is 53.4 Å². The number of carbonyl (C=O) groups excluding carboxylic acids is 4. The number of alkyl halides is 3. The highest BCUT2D eigenvalue weighted by Gasteiger charge is 2.40. The van der Waals surface area contributed by atoms with Gasteiger partial charge in [-0.15, -0.1) is 11.8 Å². The number of rotatable bonds is 14. The Labute approximate surface area is 252 Å². The molecule has 0 rings (SSSR count). The zero-order chi connectivity index (χ0) is 30.8. The van der Waals surface area contributed by atoms with Gasteiger partial charge in [-0.1, -0.05) is 68.2 Å². The van der Waals surface area contributed by atoms with Crippen LogP contribution in [0.15, 0.2) is 12.7 Å². The van der Waals surface area contributed by atoms with Gasteiger partial charge in [-0.05, 0) is 45.8 Å². The van der Waals surface area contributed by atoms with E-state index >= 15 is 0 Å². The molecule has 1 amide bonds. The fourth-order valence-corrected chi connectivity index (χ4v) is 5.38. The van der Waals surface area contributed by atoms with E-state index in [1.54, 1.807) is 27.7 Å². The molecule has 0 saturated heterocycles. The van der Waals surface area contributed by atoms with Crippen molar-refractivity contribution in [1.29, 1.82) is 0 Å². The average molecular weight is 651 g/mol. The molecule has 14 heteroatoms. The van der Waals surface area contributed by atoms with E-state index in [0.717, 1.165) is 11.8 Å². The van der Waals surface area contributed by atoms with Crippen LogP contribution >= 0.6 is 46.6 Å². The smallest absolute Gasteiger partial charge is 0.408 e. The van der Waals surface area contributed by atoms with Crippen molar-refractivity contribution >= 4 is 78.7 Å². The average Bonchev–Trinajstić information content (AvgIpc) is 2.72. The summed E-state index contributed by atoms with van der Waals surface area (Å²) in [5.74, 6) is -2.26. The molecule has 39 heavy (non-hydrogen) atoms. The number of Topliss-reactive ketones (excluding diaryl/α,β-unsaturated/α-hetero) is 1. The van der Waals surface area contributed by atoms with Crippen molar-refractivity contribution in [2.24, 2.45) is 0 Å². The highest BCUT2D eigenvalue weighted by molar-refractivity contribution is 8.01. The fraction of sp³-hybridized carbons (Fsp3) is 0.760. The highest BCUT2D eigenvalue weighted by atomic mass is 35.6. The number of ether oxygens (including phenoxy) is 3. The number of hydrogen-bond donors (Lipinski definition) is 1. The molecule has 0 aromatic heterocycles. The molecule has 0 bridgehead atoms. The zero-order valence-corrected chi connectivity index (χ0v) is 28.2. The minimum Gasteiger partial charge on any atom is -0.460 e. The van der Waals surface area contributed by atoms with Gasteiger partial charge in [0, 0.05) is 18.3 Å². The van der Waals surface area contributed by atoms with Crippen molar-refractivity contribution in [3.05, 3.63) is 12.7 Å². The largest absolute Gasteiger partial charge is 0.460 e. The predicted molar refractivity (Wildman–Crippen MR) is 159 cm³/mol. The zero-order valence-electron chi connectivity index (χ0n) is 24.2. The van der Waals surface area contributed by atoms with E-state index in [0.29, 0.717) is 0 Å². The topological polar surface area (TPSA) is 117 Å². The second-order valence-corrected chi connectivity index (χ2v) is 19.8. The molecule has 0 radical (unpaired) electrons. The minimum atomic E-state index is -2.17. The maximum absolute atomic E-state index is 13.3. The first-order valence-corrected chi connectivity index (χ1v) is 17.4. The molecular weight excluding hydrogens is 609 g/mol. The summed E-state index contributed by atoms with van der Waals surface area (Å²) in [7, 11) is -2.17. The standard InChI is InChI=1S/C25H42Cl3NO8SSi/c1-11-12-34-21(32)19(18(30)13-16(2)37-39(9,10)24(6,7)8)38-14-17(20(31)36-23(3,4)5)29-22(33)35-15-25(26,27)28/h11,16-17,19H,1,12-15H2,2-10H3,(H,29,33)/t16-,17+,19?/m0/s1. The van der Waals surface area contributed by atoms with Crippen LogP contribution in [-0.4, -0.2) is 77.9 Å². The quantitative estimate of drug-likeness (QED) is 0.0604. The maximum Gasteiger partial charge on any atom is 0.408 e. The Kier molecular flexibility index (Phi) is 15.5. The third-order valence-electron chi connectivity index (χ3n) is 5.42. The molecule has 3 atom stereocenters. The number of esters is 2. The van der Waals surface area contributed by atoms with Gasteiger partial charge in [0.2, 0.25) is 3.79 Å². The van der Waals surface area contributed by atoms with E-state index < -0.39 is 65.5 Å². The third kappa shape index (κ3) is 16.1. The summed E-state index contributed by atoms with van der Waals surface area (Å²) in [6.45, 7) is 20.0. The molecule has 0 aliphatic rings. The van der Waals surface area contributed by atoms with Crippen LogP contribution in [0.3, 0.4) is 0 Å². The summed E-state index contributed by atoms with van der Waals surface area (Å²) in [5.41, 5.74) is -0.877. The lowest BCUT2D eigenvalue weighted by atomic mass is 10.1. The Morgan fingerprint density at radius 3 is 2.03 bits per heavy atom. The lowest BCUT2D eigenvalue weighted by Crippen LogP contribution is -2.47. The van der Waals surface area contributed by atoms with Crippen molar-refractivity contribution in [3.8, 4) is 0 Å². The third-order valence-corrected chi connectivity index (χ3v) is 11.7. The summed E-state index contributed by atoms with van der Waals surface area (Å²) < 4.78 is 19.8.